The van der Waals surface area contributed by atoms with Gasteiger partial charge in [-0.25, -0.2) is 9.37 Å². The third-order valence-corrected chi connectivity index (χ3v) is 7.93. The first-order chi connectivity index (χ1) is 18.5. The van der Waals surface area contributed by atoms with Crippen LogP contribution in [0, 0.1) is 5.82 Å². The molecule has 0 saturated carbocycles. The number of rotatable bonds is 4. The Morgan fingerprint density at radius 2 is 1.87 bits per heavy atom. The number of halogens is 1. The third-order valence-electron chi connectivity index (χ3n) is 7.93. The number of nitrogens with one attached hydrogen (secondary N) is 1. The summed E-state index contributed by atoms with van der Waals surface area (Å²) in [6, 6.07) is 8.35. The first-order valence-electron chi connectivity index (χ1n) is 12.8. The lowest BCUT2D eigenvalue weighted by molar-refractivity contribution is -0.126. The van der Waals surface area contributed by atoms with Crippen molar-refractivity contribution in [2.75, 3.05) is 13.1 Å². The van der Waals surface area contributed by atoms with Gasteiger partial charge in [0.1, 0.15) is 17.6 Å². The first kappa shape index (κ1) is 22.9. The van der Waals surface area contributed by atoms with Crippen molar-refractivity contribution in [3.05, 3.63) is 71.6 Å². The summed E-state index contributed by atoms with van der Waals surface area (Å²) in [6.07, 6.45) is 9.13. The third kappa shape index (κ3) is 3.40. The quantitative estimate of drug-likeness (QED) is 0.335. The Morgan fingerprint density at radius 1 is 1.05 bits per heavy atom. The van der Waals surface area contributed by atoms with Gasteiger partial charge in [0.05, 0.1) is 35.1 Å². The van der Waals surface area contributed by atoms with Crippen LogP contribution in [-0.4, -0.2) is 61.2 Å². The first-order valence-corrected chi connectivity index (χ1v) is 12.8. The van der Waals surface area contributed by atoms with Crippen LogP contribution < -0.4 is 5.32 Å². The predicted molar refractivity (Wildman–Crippen MR) is 138 cm³/mol. The molecule has 3 aliphatic heterocycles. The highest BCUT2D eigenvalue weighted by molar-refractivity contribution is 6.49. The Morgan fingerprint density at radius 3 is 2.68 bits per heavy atom. The van der Waals surface area contributed by atoms with E-state index in [9.17, 15) is 14.4 Å². The minimum Gasteiger partial charge on any atom is -0.343 e. The number of nitrogens with zero attached hydrogens (tertiary/aromatic N) is 5. The molecule has 0 bridgehead atoms. The summed E-state index contributed by atoms with van der Waals surface area (Å²) in [5, 5.41) is 2.97. The number of hydrogen-bond donors (Lipinski definition) is 1. The molecule has 4 aromatic rings. The molecule has 0 spiro atoms. The van der Waals surface area contributed by atoms with Crippen molar-refractivity contribution in [3.8, 4) is 0 Å². The average molecular weight is 513 g/mol. The lowest BCUT2D eigenvalue weighted by Gasteiger charge is -2.39. The largest absolute Gasteiger partial charge is 0.343 e. The van der Waals surface area contributed by atoms with E-state index in [1.165, 1.54) is 12.1 Å². The minimum absolute atomic E-state index is 0.196. The number of pyridine rings is 1. The number of amides is 3. The molecule has 9 nitrogen and oxygen atoms in total. The Balaban J connectivity index is 1.45. The van der Waals surface area contributed by atoms with Gasteiger partial charge in [-0.15, -0.1) is 0 Å². The Labute approximate surface area is 217 Å². The second-order valence-corrected chi connectivity index (χ2v) is 10.1. The molecule has 3 aliphatic rings. The molecule has 3 amide bonds. The van der Waals surface area contributed by atoms with Crippen LogP contribution in [-0.2, 0) is 27.5 Å². The second kappa shape index (κ2) is 8.63. The van der Waals surface area contributed by atoms with E-state index in [1.54, 1.807) is 21.7 Å². The molecule has 38 heavy (non-hydrogen) atoms. The van der Waals surface area contributed by atoms with E-state index < -0.39 is 17.6 Å². The maximum atomic E-state index is 15.0. The van der Waals surface area contributed by atoms with Crippen molar-refractivity contribution in [3.63, 3.8) is 0 Å². The number of fused-ring (bicyclic) bond motifs is 1. The van der Waals surface area contributed by atoms with Crippen molar-refractivity contribution in [2.45, 2.75) is 38.5 Å². The fourth-order valence-corrected chi connectivity index (χ4v) is 6.26. The van der Waals surface area contributed by atoms with Crippen molar-refractivity contribution in [1.29, 1.82) is 0 Å². The number of carbonyl (C=O) groups excluding carboxylic acids is 3. The van der Waals surface area contributed by atoms with Gasteiger partial charge >= 0.3 is 0 Å². The summed E-state index contributed by atoms with van der Waals surface area (Å²) in [4.78, 5) is 47.0. The molecule has 0 radical (unpaired) electrons. The fraction of sp³-hybridized carbons (Fsp3) is 0.286. The number of imide groups is 1. The van der Waals surface area contributed by atoms with Crippen LogP contribution in [0.5, 0.6) is 0 Å². The molecule has 10 heteroatoms. The van der Waals surface area contributed by atoms with Gasteiger partial charge in [-0.3, -0.25) is 29.0 Å². The molecule has 0 aliphatic carbocycles. The zero-order valence-corrected chi connectivity index (χ0v) is 20.6. The Bertz CT molecular complexity index is 1680. The molecule has 6 heterocycles. The van der Waals surface area contributed by atoms with E-state index >= 15 is 4.39 Å². The van der Waals surface area contributed by atoms with E-state index in [0.29, 0.717) is 34.4 Å². The number of imidazole rings is 1. The Kier molecular flexibility index (Phi) is 5.19. The standard InChI is InChI=1S/C28H25FN6O3/c29-18-10-17-13-34(16-36)23(32-7-3-1-4-8-32)15-33-14-20(19(11-18)26(17)33)24-25(28(38)31-27(24)37)21-12-30-22-6-2-5-9-35(21)22/h2,5-6,9-12,14,16,23H,1,3-4,7-8,13,15H2,(H,31,37,38). The van der Waals surface area contributed by atoms with Gasteiger partial charge < -0.3 is 9.47 Å². The van der Waals surface area contributed by atoms with Crippen molar-refractivity contribution in [2.24, 2.45) is 0 Å². The van der Waals surface area contributed by atoms with Gasteiger partial charge in [0.2, 0.25) is 6.41 Å². The molecule has 1 fully saturated rings. The average Bonchev–Trinajstić information content (AvgIpc) is 3.55. The van der Waals surface area contributed by atoms with Crippen LogP contribution in [0.2, 0.25) is 0 Å². The molecule has 7 rings (SSSR count). The van der Waals surface area contributed by atoms with Crippen LogP contribution in [0.1, 0.15) is 36.1 Å². The maximum Gasteiger partial charge on any atom is 0.261 e. The number of carbonyl (C=O) groups is 3. The lowest BCUT2D eigenvalue weighted by Crippen LogP contribution is -2.50. The van der Waals surface area contributed by atoms with Crippen LogP contribution in [0.25, 0.3) is 27.7 Å². The summed E-state index contributed by atoms with van der Waals surface area (Å²) in [5.74, 6) is -1.51. The van der Waals surface area contributed by atoms with Crippen molar-refractivity contribution in [1.82, 2.24) is 29.1 Å². The number of likely N-dealkylation sites (tertiary alicyclic amines) is 1. The molecule has 1 saturated heterocycles. The highest BCUT2D eigenvalue weighted by Gasteiger charge is 2.37. The van der Waals surface area contributed by atoms with Gasteiger partial charge in [-0.2, -0.15) is 0 Å². The fourth-order valence-electron chi connectivity index (χ4n) is 6.26. The summed E-state index contributed by atoms with van der Waals surface area (Å²) in [7, 11) is 0. The van der Waals surface area contributed by atoms with E-state index in [1.807, 2.05) is 29.0 Å². The second-order valence-electron chi connectivity index (χ2n) is 10.1. The summed E-state index contributed by atoms with van der Waals surface area (Å²) < 4.78 is 18.8. The number of aromatic nitrogens is 3. The molecular formula is C28H25FN6O3. The molecule has 1 unspecified atom stereocenters. The van der Waals surface area contributed by atoms with Crippen LogP contribution in [0.3, 0.4) is 0 Å². The van der Waals surface area contributed by atoms with E-state index in [2.05, 4.69) is 15.2 Å². The van der Waals surface area contributed by atoms with E-state index in [4.69, 9.17) is 0 Å². The minimum atomic E-state index is -0.528. The lowest BCUT2D eigenvalue weighted by atomic mass is 9.98. The zero-order chi connectivity index (χ0) is 26.0. The number of hydrogen-bond acceptors (Lipinski definition) is 5. The van der Waals surface area contributed by atoms with Gasteiger partial charge in [-0.1, -0.05) is 12.5 Å². The van der Waals surface area contributed by atoms with Gasteiger partial charge in [-0.05, 0) is 42.7 Å². The highest BCUT2D eigenvalue weighted by Crippen LogP contribution is 2.39. The SMILES string of the molecule is O=CN1Cc2cc(F)cc3c(C4=C(c5cnc6ccccn56)C(=O)NC4=O)cn(c23)CC1N1CCCCC1. The van der Waals surface area contributed by atoms with Crippen LogP contribution in [0.4, 0.5) is 4.39 Å². The molecule has 1 atom stereocenters. The predicted octanol–water partition coefficient (Wildman–Crippen LogP) is 2.78. The van der Waals surface area contributed by atoms with E-state index in [-0.39, 0.29) is 23.9 Å². The maximum absolute atomic E-state index is 15.0. The van der Waals surface area contributed by atoms with Crippen molar-refractivity contribution < 1.29 is 18.8 Å². The van der Waals surface area contributed by atoms with E-state index in [0.717, 1.165) is 44.3 Å². The number of benzene rings is 1. The highest BCUT2D eigenvalue weighted by atomic mass is 19.1. The smallest absolute Gasteiger partial charge is 0.261 e. The van der Waals surface area contributed by atoms with Crippen molar-refractivity contribution >= 4 is 45.9 Å². The normalized spacial score (nSPS) is 20.4. The van der Waals surface area contributed by atoms with Crippen LogP contribution in [0.15, 0.2) is 48.9 Å². The summed E-state index contributed by atoms with van der Waals surface area (Å²) in [6.45, 7) is 2.50. The van der Waals surface area contributed by atoms with Gasteiger partial charge in [0.25, 0.3) is 11.8 Å². The Hall–Kier alpha value is -4.31. The summed E-state index contributed by atoms with van der Waals surface area (Å²) >= 11 is 0. The molecular weight excluding hydrogens is 487 g/mol. The zero-order valence-electron chi connectivity index (χ0n) is 20.6. The van der Waals surface area contributed by atoms with Crippen LogP contribution >= 0.6 is 0 Å². The summed E-state index contributed by atoms with van der Waals surface area (Å²) in [5.41, 5.74) is 3.46. The topological polar surface area (TPSA) is 92.0 Å². The number of piperidine rings is 1. The monoisotopic (exact) mass is 512 g/mol. The molecule has 3 aromatic heterocycles. The molecule has 1 N–H and O–H groups in total. The molecule has 192 valence electrons. The molecule has 1 aromatic carbocycles. The van der Waals surface area contributed by atoms with Gasteiger partial charge in [0, 0.05) is 43.0 Å². The van der Waals surface area contributed by atoms with Gasteiger partial charge in [0.15, 0.2) is 0 Å².